The van der Waals surface area contributed by atoms with Gasteiger partial charge in [0.15, 0.2) is 11.5 Å². The molecule has 0 atom stereocenters. The van der Waals surface area contributed by atoms with Crippen molar-refractivity contribution in [1.29, 1.82) is 0 Å². The van der Waals surface area contributed by atoms with Crippen molar-refractivity contribution in [3.63, 3.8) is 0 Å². The van der Waals surface area contributed by atoms with Crippen LogP contribution in [0.4, 0.5) is 0 Å². The van der Waals surface area contributed by atoms with Gasteiger partial charge in [0, 0.05) is 19.4 Å². The van der Waals surface area contributed by atoms with Crippen molar-refractivity contribution in [2.75, 3.05) is 6.61 Å². The second-order valence-electron chi connectivity index (χ2n) is 3.36. The highest BCUT2D eigenvalue weighted by molar-refractivity contribution is 5.87. The zero-order chi connectivity index (χ0) is 12.3. The van der Waals surface area contributed by atoms with Crippen molar-refractivity contribution in [3.05, 3.63) is 30.2 Å². The van der Waals surface area contributed by atoms with Gasteiger partial charge in [-0.2, -0.15) is 5.10 Å². The molecule has 0 aliphatic rings. The monoisotopic (exact) mass is 232 g/mol. The van der Waals surface area contributed by atoms with Gasteiger partial charge in [-0.3, -0.25) is 4.68 Å². The third-order valence-electron chi connectivity index (χ3n) is 2.08. The Hall–Kier alpha value is -2.24. The van der Waals surface area contributed by atoms with Gasteiger partial charge < -0.3 is 4.74 Å². The van der Waals surface area contributed by atoms with Crippen LogP contribution in [0.3, 0.4) is 0 Å². The number of ether oxygens (including phenoxy) is 1. The van der Waals surface area contributed by atoms with Crippen molar-refractivity contribution in [1.82, 2.24) is 19.7 Å². The minimum absolute atomic E-state index is 0.238. The van der Waals surface area contributed by atoms with Crippen LogP contribution in [0.5, 0.6) is 0 Å². The van der Waals surface area contributed by atoms with Crippen LogP contribution in [0.2, 0.25) is 0 Å². The molecule has 2 aromatic heterocycles. The molecule has 17 heavy (non-hydrogen) atoms. The molecule has 0 fully saturated rings. The van der Waals surface area contributed by atoms with Crippen molar-refractivity contribution in [2.24, 2.45) is 7.05 Å². The average Bonchev–Trinajstić information content (AvgIpc) is 2.76. The third-order valence-corrected chi connectivity index (χ3v) is 2.08. The molecule has 0 bridgehead atoms. The number of rotatable bonds is 3. The average molecular weight is 232 g/mol. The van der Waals surface area contributed by atoms with Gasteiger partial charge in [0.25, 0.3) is 0 Å². The predicted octanol–water partition coefficient (Wildman–Crippen LogP) is 1.05. The minimum Gasteiger partial charge on any atom is -0.461 e. The Labute approximate surface area is 98.3 Å². The van der Waals surface area contributed by atoms with Gasteiger partial charge in [-0.25, -0.2) is 14.8 Å². The van der Waals surface area contributed by atoms with E-state index in [4.69, 9.17) is 4.74 Å². The molecule has 88 valence electrons. The maximum Gasteiger partial charge on any atom is 0.357 e. The van der Waals surface area contributed by atoms with E-state index in [0.29, 0.717) is 18.1 Å². The highest BCUT2D eigenvalue weighted by Crippen LogP contribution is 2.11. The molecule has 0 saturated heterocycles. The molecular weight excluding hydrogens is 220 g/mol. The van der Waals surface area contributed by atoms with Gasteiger partial charge in [-0.05, 0) is 19.1 Å². The lowest BCUT2D eigenvalue weighted by Crippen LogP contribution is -2.08. The quantitative estimate of drug-likeness (QED) is 0.740. The number of hydrogen-bond acceptors (Lipinski definition) is 5. The maximum atomic E-state index is 11.5. The van der Waals surface area contributed by atoms with E-state index in [1.165, 1.54) is 12.3 Å². The van der Waals surface area contributed by atoms with E-state index >= 15 is 0 Å². The van der Waals surface area contributed by atoms with Crippen LogP contribution in [0.25, 0.3) is 11.5 Å². The molecule has 6 nitrogen and oxygen atoms in total. The van der Waals surface area contributed by atoms with Gasteiger partial charge in [-0.15, -0.1) is 0 Å². The number of hydrogen-bond donors (Lipinski definition) is 0. The Bertz CT molecular complexity index is 536. The van der Waals surface area contributed by atoms with E-state index in [1.807, 2.05) is 0 Å². The fourth-order valence-corrected chi connectivity index (χ4v) is 1.34. The topological polar surface area (TPSA) is 69.9 Å². The van der Waals surface area contributed by atoms with E-state index < -0.39 is 5.97 Å². The van der Waals surface area contributed by atoms with E-state index in [0.717, 1.165) is 0 Å². The van der Waals surface area contributed by atoms with Crippen LogP contribution >= 0.6 is 0 Å². The highest BCUT2D eigenvalue weighted by Gasteiger charge is 2.11. The normalized spacial score (nSPS) is 10.2. The van der Waals surface area contributed by atoms with Crippen LogP contribution in [-0.2, 0) is 11.8 Å². The van der Waals surface area contributed by atoms with E-state index in [-0.39, 0.29) is 5.69 Å². The summed E-state index contributed by atoms with van der Waals surface area (Å²) < 4.78 is 6.52. The lowest BCUT2D eigenvalue weighted by atomic mass is 10.3. The highest BCUT2D eigenvalue weighted by atomic mass is 16.5. The van der Waals surface area contributed by atoms with Crippen molar-refractivity contribution in [2.45, 2.75) is 6.92 Å². The summed E-state index contributed by atoms with van der Waals surface area (Å²) in [5.74, 6) is -0.0387. The summed E-state index contributed by atoms with van der Waals surface area (Å²) in [6.45, 7) is 2.07. The summed E-state index contributed by atoms with van der Waals surface area (Å²) in [4.78, 5) is 19.7. The summed E-state index contributed by atoms with van der Waals surface area (Å²) >= 11 is 0. The first-order chi connectivity index (χ1) is 8.20. The van der Waals surface area contributed by atoms with Gasteiger partial charge in [-0.1, -0.05) is 0 Å². The summed E-state index contributed by atoms with van der Waals surface area (Å²) in [6, 6.07) is 3.30. The predicted molar refractivity (Wildman–Crippen MR) is 60.2 cm³/mol. The standard InChI is InChI=1S/C11H12N4O2/c1-3-17-11(16)9-4-6-12-10(13-9)8-5-7-15(2)14-8/h4-7H,3H2,1-2H3. The summed E-state index contributed by atoms with van der Waals surface area (Å²) in [5, 5.41) is 4.17. The molecule has 0 aliphatic heterocycles. The molecule has 2 rings (SSSR count). The molecule has 0 spiro atoms. The van der Waals surface area contributed by atoms with Crippen molar-refractivity contribution in [3.8, 4) is 11.5 Å². The molecule has 0 aromatic carbocycles. The Morgan fingerprint density at radius 2 is 2.29 bits per heavy atom. The minimum atomic E-state index is -0.452. The Kier molecular flexibility index (Phi) is 3.13. The molecular formula is C11H12N4O2. The van der Waals surface area contributed by atoms with E-state index in [1.54, 1.807) is 30.9 Å². The largest absolute Gasteiger partial charge is 0.461 e. The number of carbonyl (C=O) groups is 1. The fourth-order valence-electron chi connectivity index (χ4n) is 1.34. The zero-order valence-electron chi connectivity index (χ0n) is 9.62. The van der Waals surface area contributed by atoms with Gasteiger partial charge in [0.05, 0.1) is 6.61 Å². The van der Waals surface area contributed by atoms with Gasteiger partial charge in [0.1, 0.15) is 5.69 Å². The molecule has 0 N–H and O–H groups in total. The number of esters is 1. The van der Waals surface area contributed by atoms with Crippen LogP contribution in [0.1, 0.15) is 17.4 Å². The Morgan fingerprint density at radius 1 is 1.47 bits per heavy atom. The summed E-state index contributed by atoms with van der Waals surface area (Å²) in [5.41, 5.74) is 0.862. The first-order valence-electron chi connectivity index (χ1n) is 5.21. The molecule has 0 saturated carbocycles. The second-order valence-corrected chi connectivity index (χ2v) is 3.36. The molecule has 0 amide bonds. The number of aromatic nitrogens is 4. The number of aryl methyl sites for hydroxylation is 1. The molecule has 2 heterocycles. The SMILES string of the molecule is CCOC(=O)c1ccnc(-c2ccn(C)n2)n1. The lowest BCUT2D eigenvalue weighted by Gasteiger charge is -2.01. The van der Waals surface area contributed by atoms with Gasteiger partial charge in [0.2, 0.25) is 0 Å². The number of carbonyl (C=O) groups excluding carboxylic acids is 1. The Morgan fingerprint density at radius 3 is 2.94 bits per heavy atom. The first kappa shape index (κ1) is 11.3. The molecule has 0 unspecified atom stereocenters. The van der Waals surface area contributed by atoms with Crippen LogP contribution < -0.4 is 0 Å². The Balaban J connectivity index is 2.31. The molecule has 2 aromatic rings. The van der Waals surface area contributed by atoms with E-state index in [9.17, 15) is 4.79 Å². The van der Waals surface area contributed by atoms with Crippen molar-refractivity contribution >= 4 is 5.97 Å². The maximum absolute atomic E-state index is 11.5. The van der Waals surface area contributed by atoms with Gasteiger partial charge >= 0.3 is 5.97 Å². The fraction of sp³-hybridized carbons (Fsp3) is 0.273. The molecule has 0 aliphatic carbocycles. The zero-order valence-corrected chi connectivity index (χ0v) is 9.62. The smallest absolute Gasteiger partial charge is 0.357 e. The summed E-state index contributed by atoms with van der Waals surface area (Å²) in [6.07, 6.45) is 3.30. The van der Waals surface area contributed by atoms with Crippen LogP contribution in [0, 0.1) is 0 Å². The molecule has 6 heteroatoms. The van der Waals surface area contributed by atoms with Crippen molar-refractivity contribution < 1.29 is 9.53 Å². The summed E-state index contributed by atoms with van der Waals surface area (Å²) in [7, 11) is 1.80. The first-order valence-corrected chi connectivity index (χ1v) is 5.21. The van der Waals surface area contributed by atoms with Crippen LogP contribution in [-0.4, -0.2) is 32.3 Å². The molecule has 0 radical (unpaired) electrons. The number of nitrogens with zero attached hydrogens (tertiary/aromatic N) is 4. The lowest BCUT2D eigenvalue weighted by molar-refractivity contribution is 0.0519. The van der Waals surface area contributed by atoms with E-state index in [2.05, 4.69) is 15.1 Å². The third kappa shape index (κ3) is 2.47. The second kappa shape index (κ2) is 4.73. The van der Waals surface area contributed by atoms with Crippen LogP contribution in [0.15, 0.2) is 24.5 Å².